The molecule has 0 fully saturated rings. The Bertz CT molecular complexity index is 587. The molecule has 0 aromatic heterocycles. The molecule has 1 aromatic rings. The highest BCUT2D eigenvalue weighted by molar-refractivity contribution is 5.33. The molecule has 1 N–H and O–H groups in total. The van der Waals surface area contributed by atoms with Crippen molar-refractivity contribution in [1.82, 2.24) is 10.2 Å². The number of nitrogens with zero attached hydrogens (tertiary/aromatic N) is 3. The lowest BCUT2D eigenvalue weighted by Gasteiger charge is -2.25. The summed E-state index contributed by atoms with van der Waals surface area (Å²) in [5.74, 6) is 0.440. The normalized spacial score (nSPS) is 15.9. The molecular weight excluding hydrogens is 244 g/mol. The molecule has 0 amide bonds. The van der Waals surface area contributed by atoms with Crippen LogP contribution in [0.3, 0.4) is 0 Å². The second kappa shape index (κ2) is 5.69. The molecular formula is C13H12N4O2. The van der Waals surface area contributed by atoms with E-state index in [9.17, 15) is 10.1 Å². The van der Waals surface area contributed by atoms with Gasteiger partial charge in [0.2, 0.25) is 0 Å². The summed E-state index contributed by atoms with van der Waals surface area (Å²) in [5, 5.41) is 22.4. The molecule has 0 bridgehead atoms. The first-order chi connectivity index (χ1) is 9.19. The number of rotatable bonds is 3. The van der Waals surface area contributed by atoms with Gasteiger partial charge in [0.15, 0.2) is 5.82 Å². The van der Waals surface area contributed by atoms with Crippen LogP contribution in [0.25, 0.3) is 0 Å². The number of nitrogens with one attached hydrogen (secondary N) is 1. The highest BCUT2D eigenvalue weighted by Crippen LogP contribution is 2.14. The number of hydrogen-bond acceptors (Lipinski definition) is 5. The molecule has 1 heterocycles. The summed E-state index contributed by atoms with van der Waals surface area (Å²) in [5.41, 5.74) is 1.49. The van der Waals surface area contributed by atoms with E-state index in [4.69, 9.17) is 5.26 Å². The van der Waals surface area contributed by atoms with Gasteiger partial charge in [-0.1, -0.05) is 12.1 Å². The lowest BCUT2D eigenvalue weighted by atomic mass is 10.1. The van der Waals surface area contributed by atoms with Crippen molar-refractivity contribution in [1.29, 1.82) is 5.26 Å². The van der Waals surface area contributed by atoms with E-state index in [2.05, 4.69) is 11.4 Å². The van der Waals surface area contributed by atoms with Gasteiger partial charge in [-0.05, 0) is 23.8 Å². The fourth-order valence-corrected chi connectivity index (χ4v) is 1.82. The van der Waals surface area contributed by atoms with E-state index in [0.717, 1.165) is 11.8 Å². The quantitative estimate of drug-likeness (QED) is 0.655. The molecule has 0 saturated carbocycles. The van der Waals surface area contributed by atoms with Crippen LogP contribution in [0.4, 0.5) is 0 Å². The summed E-state index contributed by atoms with van der Waals surface area (Å²) < 4.78 is 0. The molecule has 0 spiro atoms. The van der Waals surface area contributed by atoms with Gasteiger partial charge >= 0.3 is 0 Å². The molecule has 1 aromatic carbocycles. The minimum atomic E-state index is -0.486. The average Bonchev–Trinajstić information content (AvgIpc) is 2.41. The maximum Gasteiger partial charge on any atom is 0.274 e. The minimum absolute atomic E-state index is 0.440. The summed E-state index contributed by atoms with van der Waals surface area (Å²) in [6.07, 6.45) is 4.62. The first-order valence-electron chi connectivity index (χ1n) is 5.70. The second-order valence-electron chi connectivity index (χ2n) is 4.01. The Morgan fingerprint density at radius 2 is 2.42 bits per heavy atom. The molecule has 19 heavy (non-hydrogen) atoms. The van der Waals surface area contributed by atoms with Gasteiger partial charge in [-0.2, -0.15) is 5.26 Å². The Morgan fingerprint density at radius 3 is 3.16 bits per heavy atom. The smallest absolute Gasteiger partial charge is 0.274 e. The highest BCUT2D eigenvalue weighted by Gasteiger charge is 2.14. The zero-order valence-electron chi connectivity index (χ0n) is 10.1. The third-order valence-corrected chi connectivity index (χ3v) is 2.63. The van der Waals surface area contributed by atoms with E-state index >= 15 is 0 Å². The first kappa shape index (κ1) is 12.6. The summed E-state index contributed by atoms with van der Waals surface area (Å²) in [6, 6.07) is 9.25. The molecule has 2 rings (SSSR count). The van der Waals surface area contributed by atoms with Crippen LogP contribution in [0.1, 0.15) is 11.1 Å². The van der Waals surface area contributed by atoms with Crippen LogP contribution < -0.4 is 5.32 Å². The zero-order valence-corrected chi connectivity index (χ0v) is 10.1. The van der Waals surface area contributed by atoms with Crippen molar-refractivity contribution in [2.45, 2.75) is 6.54 Å². The maximum absolute atomic E-state index is 10.6. The fourth-order valence-electron chi connectivity index (χ4n) is 1.82. The minimum Gasteiger partial charge on any atom is -0.363 e. The Kier molecular flexibility index (Phi) is 3.78. The monoisotopic (exact) mass is 256 g/mol. The fraction of sp³-hybridized carbons (Fsp3) is 0.154. The Labute approximate surface area is 110 Å². The van der Waals surface area contributed by atoms with Crippen LogP contribution >= 0.6 is 0 Å². The van der Waals surface area contributed by atoms with Crippen LogP contribution in [0.2, 0.25) is 0 Å². The van der Waals surface area contributed by atoms with Crippen LogP contribution in [-0.4, -0.2) is 16.4 Å². The molecule has 0 aliphatic carbocycles. The lowest BCUT2D eigenvalue weighted by molar-refractivity contribution is -0.404. The van der Waals surface area contributed by atoms with Crippen molar-refractivity contribution >= 4 is 0 Å². The standard InChI is InChI=1S/C13H12N4O2/c14-8-11-3-1-4-12(7-11)9-16-6-2-5-15-13(16)10-17(18)19/h1-4,6-7,10,15H,5,9H2. The highest BCUT2D eigenvalue weighted by atomic mass is 16.6. The average molecular weight is 256 g/mol. The second-order valence-corrected chi connectivity index (χ2v) is 4.01. The van der Waals surface area contributed by atoms with Crippen molar-refractivity contribution in [2.75, 3.05) is 6.54 Å². The molecule has 0 atom stereocenters. The van der Waals surface area contributed by atoms with Crippen LogP contribution in [0.5, 0.6) is 0 Å². The largest absolute Gasteiger partial charge is 0.363 e. The summed E-state index contributed by atoms with van der Waals surface area (Å²) >= 11 is 0. The molecule has 1 aliphatic rings. The number of benzene rings is 1. The number of nitriles is 1. The van der Waals surface area contributed by atoms with Crippen molar-refractivity contribution in [3.63, 3.8) is 0 Å². The molecule has 6 heteroatoms. The third-order valence-electron chi connectivity index (χ3n) is 2.63. The topological polar surface area (TPSA) is 82.2 Å². The van der Waals surface area contributed by atoms with Crippen molar-refractivity contribution in [3.05, 3.63) is 69.8 Å². The van der Waals surface area contributed by atoms with E-state index < -0.39 is 4.92 Å². The summed E-state index contributed by atoms with van der Waals surface area (Å²) in [7, 11) is 0. The molecule has 96 valence electrons. The molecule has 0 saturated heterocycles. The van der Waals surface area contributed by atoms with E-state index in [-0.39, 0.29) is 0 Å². The Hall–Kier alpha value is -2.81. The summed E-state index contributed by atoms with van der Waals surface area (Å²) in [6.45, 7) is 1.03. The van der Waals surface area contributed by atoms with Crippen LogP contribution in [0, 0.1) is 21.4 Å². The Balaban J connectivity index is 2.20. The van der Waals surface area contributed by atoms with Crippen molar-refractivity contribution < 1.29 is 4.92 Å². The van der Waals surface area contributed by atoms with E-state index in [1.165, 1.54) is 0 Å². The number of hydrogen-bond donors (Lipinski definition) is 1. The van der Waals surface area contributed by atoms with E-state index in [1.807, 2.05) is 12.1 Å². The van der Waals surface area contributed by atoms with Crippen molar-refractivity contribution in [2.24, 2.45) is 0 Å². The van der Waals surface area contributed by atoms with Gasteiger partial charge in [0.25, 0.3) is 6.20 Å². The molecule has 0 radical (unpaired) electrons. The van der Waals surface area contributed by atoms with Crippen LogP contribution in [-0.2, 0) is 6.54 Å². The first-order valence-corrected chi connectivity index (χ1v) is 5.70. The molecule has 0 unspecified atom stereocenters. The lowest BCUT2D eigenvalue weighted by Crippen LogP contribution is -2.32. The van der Waals surface area contributed by atoms with Gasteiger partial charge in [-0.3, -0.25) is 10.1 Å². The van der Waals surface area contributed by atoms with E-state index in [1.54, 1.807) is 29.3 Å². The third kappa shape index (κ3) is 3.33. The Morgan fingerprint density at radius 1 is 1.58 bits per heavy atom. The zero-order chi connectivity index (χ0) is 13.7. The van der Waals surface area contributed by atoms with Gasteiger partial charge in [0.1, 0.15) is 0 Å². The predicted octanol–water partition coefficient (Wildman–Crippen LogP) is 1.55. The maximum atomic E-state index is 10.6. The predicted molar refractivity (Wildman–Crippen MR) is 68.9 cm³/mol. The molecule has 1 aliphatic heterocycles. The van der Waals surface area contributed by atoms with Gasteiger partial charge < -0.3 is 10.2 Å². The van der Waals surface area contributed by atoms with Gasteiger partial charge in [-0.15, -0.1) is 0 Å². The summed E-state index contributed by atoms with van der Waals surface area (Å²) in [4.78, 5) is 11.8. The van der Waals surface area contributed by atoms with Gasteiger partial charge in [0.05, 0.1) is 16.6 Å². The van der Waals surface area contributed by atoms with E-state index in [0.29, 0.717) is 24.5 Å². The number of nitro groups is 1. The van der Waals surface area contributed by atoms with Gasteiger partial charge in [0, 0.05) is 19.3 Å². The SMILES string of the molecule is N#Cc1cccc(CN2C=CCNC2=C[N+](=O)[O-])c1. The van der Waals surface area contributed by atoms with Crippen LogP contribution in [0.15, 0.2) is 48.6 Å². The van der Waals surface area contributed by atoms with Crippen molar-refractivity contribution in [3.8, 4) is 6.07 Å². The van der Waals surface area contributed by atoms with Gasteiger partial charge in [-0.25, -0.2) is 0 Å². The molecule has 6 nitrogen and oxygen atoms in total.